The molecule has 0 N–H and O–H groups in total. The van der Waals surface area contributed by atoms with E-state index in [9.17, 15) is 9.59 Å². The molecule has 0 aromatic carbocycles. The summed E-state index contributed by atoms with van der Waals surface area (Å²) in [6.07, 6.45) is 0.641. The molecule has 0 heterocycles. The van der Waals surface area contributed by atoms with Gasteiger partial charge >= 0.3 is 11.9 Å². The molecule has 2 atom stereocenters. The highest BCUT2D eigenvalue weighted by Gasteiger charge is 2.36. The van der Waals surface area contributed by atoms with E-state index in [1.807, 2.05) is 34.6 Å². The molecule has 0 saturated heterocycles. The number of carbonyl (C=O) groups excluding carboxylic acids is 2. The molecule has 7 heteroatoms. The van der Waals surface area contributed by atoms with E-state index in [-0.39, 0.29) is 18.8 Å². The first kappa shape index (κ1) is 25.8. The molecule has 0 aromatic rings. The van der Waals surface area contributed by atoms with Crippen LogP contribution in [0.25, 0.3) is 0 Å². The molecular formula is C20H38O7. The molecule has 0 aromatic heterocycles. The normalized spacial score (nSPS) is 15.7. The molecule has 0 amide bonds. The second kappa shape index (κ2) is 11.0. The van der Waals surface area contributed by atoms with Crippen LogP contribution in [-0.4, -0.2) is 61.8 Å². The Bertz CT molecular complexity index is 461. The zero-order valence-electron chi connectivity index (χ0n) is 18.5. The van der Waals surface area contributed by atoms with Crippen molar-refractivity contribution in [1.82, 2.24) is 0 Å². The van der Waals surface area contributed by atoms with Gasteiger partial charge in [-0.2, -0.15) is 0 Å². The van der Waals surface area contributed by atoms with E-state index in [2.05, 4.69) is 0 Å². The first-order valence-corrected chi connectivity index (χ1v) is 9.52. The molecule has 0 rings (SSSR count). The van der Waals surface area contributed by atoms with Crippen LogP contribution in [0.3, 0.4) is 0 Å². The van der Waals surface area contributed by atoms with Crippen LogP contribution in [0, 0.1) is 0 Å². The molecule has 0 aliphatic heterocycles. The van der Waals surface area contributed by atoms with Crippen molar-refractivity contribution in [2.45, 2.75) is 91.1 Å². The summed E-state index contributed by atoms with van der Waals surface area (Å²) < 4.78 is 27.2. The molecule has 2 unspecified atom stereocenters. The van der Waals surface area contributed by atoms with E-state index in [0.717, 1.165) is 0 Å². The molecule has 0 fully saturated rings. The maximum Gasteiger partial charge on any atom is 0.338 e. The number of ether oxygens (including phenoxy) is 5. The lowest BCUT2D eigenvalue weighted by molar-refractivity contribution is -0.187. The summed E-state index contributed by atoms with van der Waals surface area (Å²) in [7, 11) is 1.47. The van der Waals surface area contributed by atoms with Crippen LogP contribution in [0.5, 0.6) is 0 Å². The van der Waals surface area contributed by atoms with Crippen LogP contribution in [0.2, 0.25) is 0 Å². The van der Waals surface area contributed by atoms with Gasteiger partial charge in [-0.3, -0.25) is 0 Å². The number of methoxy groups -OCH3 is 1. The number of carbonyl (C=O) groups is 2. The molecular weight excluding hydrogens is 352 g/mol. The lowest BCUT2D eigenvalue weighted by atomic mass is 10.0. The SMILES string of the molecule is CCC(COC(=O)C(C)(CC)OC)OC(C)(C)C(=O)OCCOC(C)(C)C. The first-order valence-electron chi connectivity index (χ1n) is 9.52. The molecule has 0 radical (unpaired) electrons. The number of hydrogen-bond acceptors (Lipinski definition) is 7. The minimum Gasteiger partial charge on any atom is -0.461 e. The quantitative estimate of drug-likeness (QED) is 0.374. The fourth-order valence-electron chi connectivity index (χ4n) is 2.05. The highest BCUT2D eigenvalue weighted by molar-refractivity contribution is 5.79. The highest BCUT2D eigenvalue weighted by atomic mass is 16.6. The van der Waals surface area contributed by atoms with Crippen LogP contribution >= 0.6 is 0 Å². The first-order chi connectivity index (χ1) is 12.3. The van der Waals surface area contributed by atoms with Gasteiger partial charge in [0.2, 0.25) is 0 Å². The van der Waals surface area contributed by atoms with Gasteiger partial charge < -0.3 is 23.7 Å². The Kier molecular flexibility index (Phi) is 10.5. The van der Waals surface area contributed by atoms with Crippen molar-refractivity contribution in [2.24, 2.45) is 0 Å². The molecule has 0 bridgehead atoms. The van der Waals surface area contributed by atoms with Crippen LogP contribution in [0.4, 0.5) is 0 Å². The van der Waals surface area contributed by atoms with Crippen molar-refractivity contribution in [1.29, 1.82) is 0 Å². The summed E-state index contributed by atoms with van der Waals surface area (Å²) in [4.78, 5) is 24.5. The van der Waals surface area contributed by atoms with Gasteiger partial charge in [-0.15, -0.1) is 0 Å². The third-order valence-electron chi connectivity index (χ3n) is 4.22. The summed E-state index contributed by atoms with van der Waals surface area (Å²) in [6, 6.07) is 0. The maximum absolute atomic E-state index is 12.3. The minimum absolute atomic E-state index is 0.0398. The molecule has 0 aliphatic rings. The van der Waals surface area contributed by atoms with E-state index in [1.165, 1.54) is 7.11 Å². The molecule has 160 valence electrons. The highest BCUT2D eigenvalue weighted by Crippen LogP contribution is 2.20. The van der Waals surface area contributed by atoms with Crippen molar-refractivity contribution in [3.05, 3.63) is 0 Å². The van der Waals surface area contributed by atoms with E-state index in [1.54, 1.807) is 20.8 Å². The van der Waals surface area contributed by atoms with Crippen molar-refractivity contribution in [3.8, 4) is 0 Å². The second-order valence-corrected chi connectivity index (χ2v) is 8.14. The Morgan fingerprint density at radius 2 is 1.48 bits per heavy atom. The fourth-order valence-corrected chi connectivity index (χ4v) is 2.05. The third-order valence-corrected chi connectivity index (χ3v) is 4.22. The Balaban J connectivity index is 4.56. The van der Waals surface area contributed by atoms with Gasteiger partial charge in [0.15, 0.2) is 11.2 Å². The van der Waals surface area contributed by atoms with E-state index >= 15 is 0 Å². The van der Waals surface area contributed by atoms with Gasteiger partial charge in [-0.05, 0) is 54.4 Å². The van der Waals surface area contributed by atoms with Gasteiger partial charge in [0.05, 0.1) is 18.3 Å². The van der Waals surface area contributed by atoms with Crippen molar-refractivity contribution >= 4 is 11.9 Å². The van der Waals surface area contributed by atoms with E-state index in [0.29, 0.717) is 19.4 Å². The predicted octanol–water partition coefficient (Wildman–Crippen LogP) is 3.28. The largest absolute Gasteiger partial charge is 0.461 e. The standard InChI is InChI=1S/C20H38O7/c1-10-15(14-25-17(22)20(8,11-2)23-9)27-19(6,7)16(21)24-12-13-26-18(3,4)5/h15H,10-14H2,1-9H3. The summed E-state index contributed by atoms with van der Waals surface area (Å²) in [6.45, 7) is 15.0. The monoisotopic (exact) mass is 390 g/mol. The zero-order valence-corrected chi connectivity index (χ0v) is 18.5. The lowest BCUT2D eigenvalue weighted by Crippen LogP contribution is -2.43. The molecule has 27 heavy (non-hydrogen) atoms. The topological polar surface area (TPSA) is 80.3 Å². The summed E-state index contributed by atoms with van der Waals surface area (Å²) in [5, 5.41) is 0. The van der Waals surface area contributed by atoms with Gasteiger partial charge in [-0.25, -0.2) is 9.59 Å². The van der Waals surface area contributed by atoms with Crippen LogP contribution in [0.15, 0.2) is 0 Å². The predicted molar refractivity (Wildman–Crippen MR) is 103 cm³/mol. The summed E-state index contributed by atoms with van der Waals surface area (Å²) >= 11 is 0. The molecule has 0 saturated carbocycles. The molecule has 0 spiro atoms. The van der Waals surface area contributed by atoms with Crippen LogP contribution < -0.4 is 0 Å². The van der Waals surface area contributed by atoms with Gasteiger partial charge in [0.25, 0.3) is 0 Å². The lowest BCUT2D eigenvalue weighted by Gasteiger charge is -2.30. The average molecular weight is 391 g/mol. The Morgan fingerprint density at radius 3 is 1.93 bits per heavy atom. The van der Waals surface area contributed by atoms with E-state index in [4.69, 9.17) is 23.7 Å². The fraction of sp³-hybridized carbons (Fsp3) is 0.900. The van der Waals surface area contributed by atoms with E-state index < -0.39 is 29.2 Å². The molecule has 7 nitrogen and oxygen atoms in total. The van der Waals surface area contributed by atoms with Gasteiger partial charge in [0.1, 0.15) is 13.2 Å². The van der Waals surface area contributed by atoms with Crippen LogP contribution in [0.1, 0.15) is 68.2 Å². The zero-order chi connectivity index (χ0) is 21.3. The van der Waals surface area contributed by atoms with Crippen molar-refractivity contribution in [2.75, 3.05) is 26.9 Å². The summed E-state index contributed by atoms with van der Waals surface area (Å²) in [5.74, 6) is -0.936. The second-order valence-electron chi connectivity index (χ2n) is 8.14. The minimum atomic E-state index is -1.16. The number of rotatable bonds is 12. The van der Waals surface area contributed by atoms with Gasteiger partial charge in [-0.1, -0.05) is 13.8 Å². The smallest absolute Gasteiger partial charge is 0.338 e. The maximum atomic E-state index is 12.3. The summed E-state index contributed by atoms with van der Waals surface area (Å²) in [5.41, 5.74) is -2.44. The molecule has 0 aliphatic carbocycles. The third kappa shape index (κ3) is 9.53. The van der Waals surface area contributed by atoms with Gasteiger partial charge in [0, 0.05) is 7.11 Å². The Hall–Kier alpha value is -1.18. The Labute approximate surface area is 164 Å². The Morgan fingerprint density at radius 1 is 0.889 bits per heavy atom. The van der Waals surface area contributed by atoms with Crippen LogP contribution in [-0.2, 0) is 33.3 Å². The van der Waals surface area contributed by atoms with Crippen molar-refractivity contribution < 1.29 is 33.3 Å². The van der Waals surface area contributed by atoms with Crippen molar-refractivity contribution in [3.63, 3.8) is 0 Å². The number of esters is 2. The number of hydrogen-bond donors (Lipinski definition) is 0. The average Bonchev–Trinajstić information content (AvgIpc) is 2.59.